The lowest BCUT2D eigenvalue weighted by atomic mass is 10.1. The van der Waals surface area contributed by atoms with E-state index in [9.17, 15) is 0 Å². The van der Waals surface area contributed by atoms with Gasteiger partial charge in [0.25, 0.3) is 0 Å². The summed E-state index contributed by atoms with van der Waals surface area (Å²) < 4.78 is 5.56. The summed E-state index contributed by atoms with van der Waals surface area (Å²) >= 11 is 1.69. The van der Waals surface area contributed by atoms with Crippen LogP contribution in [0.4, 0.5) is 0 Å². The zero-order valence-electron chi connectivity index (χ0n) is 9.00. The first kappa shape index (κ1) is 11.6. The Morgan fingerprint density at radius 2 is 1.93 bits per heavy atom. The highest BCUT2D eigenvalue weighted by molar-refractivity contribution is 7.08. The van der Waals surface area contributed by atoms with E-state index in [-0.39, 0.29) is 0 Å². The minimum Gasteiger partial charge on any atom is -0.493 e. The third-order valence-corrected chi connectivity index (χ3v) is 2.92. The van der Waals surface area contributed by atoms with E-state index in [0.29, 0.717) is 0 Å². The van der Waals surface area contributed by atoms with Gasteiger partial charge in [0.2, 0.25) is 0 Å². The van der Waals surface area contributed by atoms with E-state index in [1.54, 1.807) is 11.3 Å². The van der Waals surface area contributed by atoms with E-state index in [4.69, 9.17) is 4.74 Å². The Balaban J connectivity index is 1.85. The molecule has 0 N–H and O–H groups in total. The fourth-order valence-corrected chi connectivity index (χ4v) is 1.98. The summed E-state index contributed by atoms with van der Waals surface area (Å²) in [6.07, 6.45) is 7.95. The fourth-order valence-electron chi connectivity index (χ4n) is 1.41. The quantitative estimate of drug-likeness (QED) is 0.577. The number of unbranched alkanes of at least 4 members (excludes halogenated alkanes) is 5. The summed E-state index contributed by atoms with van der Waals surface area (Å²) in [6.45, 7) is 3.13. The molecule has 1 rings (SSSR count). The predicted molar refractivity (Wildman–Crippen MR) is 63.2 cm³/mol. The van der Waals surface area contributed by atoms with Gasteiger partial charge in [-0.15, -0.1) is 11.3 Å². The molecule has 0 aliphatic heterocycles. The Morgan fingerprint density at radius 3 is 2.64 bits per heavy atom. The summed E-state index contributed by atoms with van der Waals surface area (Å²) in [5, 5.41) is 4.10. The van der Waals surface area contributed by atoms with Crippen LogP contribution in [0.1, 0.15) is 45.4 Å². The molecule has 0 amide bonds. The smallest absolute Gasteiger partial charge is 0.129 e. The van der Waals surface area contributed by atoms with Gasteiger partial charge >= 0.3 is 0 Å². The molecule has 0 unspecified atom stereocenters. The molecular weight excluding hydrogens is 192 g/mol. The standard InChI is InChI=1S/C12H20OS/c1-2-3-4-5-6-7-9-13-12-8-10-14-11-12/h8,10-11H,2-7,9H2,1H3. The zero-order chi connectivity index (χ0) is 10.1. The van der Waals surface area contributed by atoms with Gasteiger partial charge in [-0.2, -0.15) is 0 Å². The first-order chi connectivity index (χ1) is 6.93. The molecule has 0 saturated carbocycles. The van der Waals surface area contributed by atoms with Crippen molar-refractivity contribution in [1.82, 2.24) is 0 Å². The van der Waals surface area contributed by atoms with Crippen LogP contribution in [0.5, 0.6) is 5.75 Å². The van der Waals surface area contributed by atoms with Crippen LogP contribution in [-0.4, -0.2) is 6.61 Å². The topological polar surface area (TPSA) is 9.23 Å². The maximum atomic E-state index is 5.56. The van der Waals surface area contributed by atoms with Crippen molar-refractivity contribution in [3.63, 3.8) is 0 Å². The van der Waals surface area contributed by atoms with Gasteiger partial charge in [0.05, 0.1) is 6.61 Å². The van der Waals surface area contributed by atoms with Crippen molar-refractivity contribution in [3.8, 4) is 5.75 Å². The minimum absolute atomic E-state index is 0.878. The summed E-state index contributed by atoms with van der Waals surface area (Å²) in [5.74, 6) is 1.03. The average molecular weight is 212 g/mol. The minimum atomic E-state index is 0.878. The molecule has 1 nitrogen and oxygen atoms in total. The molecule has 0 saturated heterocycles. The van der Waals surface area contributed by atoms with Crippen molar-refractivity contribution in [2.24, 2.45) is 0 Å². The van der Waals surface area contributed by atoms with E-state index < -0.39 is 0 Å². The lowest BCUT2D eigenvalue weighted by molar-refractivity contribution is 0.305. The third-order valence-electron chi connectivity index (χ3n) is 2.26. The molecule has 2 heteroatoms. The Kier molecular flexibility index (Phi) is 6.50. The number of thiophene rings is 1. The SMILES string of the molecule is CCCCCCCCOc1ccsc1. The summed E-state index contributed by atoms with van der Waals surface area (Å²) in [4.78, 5) is 0. The van der Waals surface area contributed by atoms with E-state index in [0.717, 1.165) is 12.4 Å². The predicted octanol–water partition coefficient (Wildman–Crippen LogP) is 4.49. The highest BCUT2D eigenvalue weighted by atomic mass is 32.1. The van der Waals surface area contributed by atoms with Crippen LogP contribution in [-0.2, 0) is 0 Å². The molecular formula is C12H20OS. The molecule has 80 valence electrons. The van der Waals surface area contributed by atoms with Gasteiger partial charge in [-0.25, -0.2) is 0 Å². The van der Waals surface area contributed by atoms with Gasteiger partial charge in [0.15, 0.2) is 0 Å². The van der Waals surface area contributed by atoms with Gasteiger partial charge in [-0.1, -0.05) is 39.0 Å². The fraction of sp³-hybridized carbons (Fsp3) is 0.667. The molecule has 0 radical (unpaired) electrons. The Labute approximate surface area is 91.1 Å². The molecule has 1 aromatic heterocycles. The molecule has 0 spiro atoms. The number of rotatable bonds is 8. The first-order valence-corrected chi connectivity index (χ1v) is 6.52. The Bertz CT molecular complexity index is 206. The molecule has 14 heavy (non-hydrogen) atoms. The normalized spacial score (nSPS) is 10.4. The highest BCUT2D eigenvalue weighted by Crippen LogP contribution is 2.15. The molecule has 0 aromatic carbocycles. The van der Waals surface area contributed by atoms with Crippen LogP contribution in [0.3, 0.4) is 0 Å². The van der Waals surface area contributed by atoms with Gasteiger partial charge < -0.3 is 4.74 Å². The molecule has 0 fully saturated rings. The molecule has 0 aliphatic carbocycles. The van der Waals surface area contributed by atoms with E-state index in [1.165, 1.54) is 38.5 Å². The molecule has 1 heterocycles. The van der Waals surface area contributed by atoms with Gasteiger partial charge in [0, 0.05) is 5.38 Å². The lowest BCUT2D eigenvalue weighted by Gasteiger charge is -2.03. The maximum absolute atomic E-state index is 5.56. The molecule has 0 bridgehead atoms. The van der Waals surface area contributed by atoms with Crippen LogP contribution < -0.4 is 4.74 Å². The summed E-state index contributed by atoms with van der Waals surface area (Å²) in [6, 6.07) is 2.03. The summed E-state index contributed by atoms with van der Waals surface area (Å²) in [5.41, 5.74) is 0. The Morgan fingerprint density at radius 1 is 1.14 bits per heavy atom. The highest BCUT2D eigenvalue weighted by Gasteiger charge is 1.93. The van der Waals surface area contributed by atoms with Crippen molar-refractivity contribution in [3.05, 3.63) is 16.8 Å². The largest absolute Gasteiger partial charge is 0.493 e. The van der Waals surface area contributed by atoms with Crippen LogP contribution in [0.15, 0.2) is 16.8 Å². The van der Waals surface area contributed by atoms with Crippen molar-refractivity contribution in [2.75, 3.05) is 6.61 Å². The van der Waals surface area contributed by atoms with E-state index in [1.807, 2.05) is 6.07 Å². The number of hydrogen-bond donors (Lipinski definition) is 0. The van der Waals surface area contributed by atoms with Crippen molar-refractivity contribution >= 4 is 11.3 Å². The van der Waals surface area contributed by atoms with E-state index >= 15 is 0 Å². The molecule has 0 atom stereocenters. The van der Waals surface area contributed by atoms with Gasteiger partial charge in [-0.3, -0.25) is 0 Å². The monoisotopic (exact) mass is 212 g/mol. The summed E-state index contributed by atoms with van der Waals surface area (Å²) in [7, 11) is 0. The van der Waals surface area contributed by atoms with Crippen molar-refractivity contribution in [1.29, 1.82) is 0 Å². The van der Waals surface area contributed by atoms with Crippen LogP contribution in [0.2, 0.25) is 0 Å². The van der Waals surface area contributed by atoms with Crippen LogP contribution >= 0.6 is 11.3 Å². The molecule has 1 aromatic rings. The van der Waals surface area contributed by atoms with Crippen molar-refractivity contribution in [2.45, 2.75) is 45.4 Å². The first-order valence-electron chi connectivity index (χ1n) is 5.58. The van der Waals surface area contributed by atoms with Crippen LogP contribution in [0.25, 0.3) is 0 Å². The lowest BCUT2D eigenvalue weighted by Crippen LogP contribution is -1.95. The van der Waals surface area contributed by atoms with Gasteiger partial charge in [-0.05, 0) is 17.9 Å². The number of hydrogen-bond acceptors (Lipinski definition) is 2. The maximum Gasteiger partial charge on any atom is 0.129 e. The van der Waals surface area contributed by atoms with Gasteiger partial charge in [0.1, 0.15) is 5.75 Å². The van der Waals surface area contributed by atoms with Crippen LogP contribution in [0, 0.1) is 0 Å². The molecule has 0 aliphatic rings. The number of ether oxygens (including phenoxy) is 1. The zero-order valence-corrected chi connectivity index (χ0v) is 9.81. The third kappa shape index (κ3) is 5.28. The second-order valence-corrected chi connectivity index (χ2v) is 4.36. The second kappa shape index (κ2) is 7.86. The van der Waals surface area contributed by atoms with E-state index in [2.05, 4.69) is 17.7 Å². The average Bonchev–Trinajstić information content (AvgIpc) is 2.69. The van der Waals surface area contributed by atoms with Crippen molar-refractivity contribution < 1.29 is 4.74 Å². The Hall–Kier alpha value is -0.500. The second-order valence-electron chi connectivity index (χ2n) is 3.58.